The average Bonchev–Trinajstić information content (AvgIpc) is 3.37. The average molecular weight is 507 g/mol. The van der Waals surface area contributed by atoms with Gasteiger partial charge in [0, 0.05) is 32.4 Å². The standard InChI is InChI=1S/C27H30N4O6/c1-17-23(30-10-4-3-6-21(30)28-17)25(33)22-24(18-7-8-19(32)20(16-18)36-2)31(27(35)26(22)34)11-5-9-29-12-14-37-15-13-29/h3-4,6-8,10,16,24,32-33H,5,9,11-15H2,1-2H3/b25-22+. The first-order valence-electron chi connectivity index (χ1n) is 12.3. The SMILES string of the molecule is COc1cc(C2/C(=C(\O)c3c(C)nc4ccccn34)C(=O)C(=O)N2CCCN2CCOCC2)ccc1O. The van der Waals surface area contributed by atoms with Crippen LogP contribution in [0, 0.1) is 6.92 Å². The van der Waals surface area contributed by atoms with E-state index in [0.29, 0.717) is 48.8 Å². The molecule has 5 rings (SSSR count). The number of Topliss-reactive ketones (excluding diaryl/α,β-unsaturated/α-hetero) is 1. The largest absolute Gasteiger partial charge is 0.505 e. The van der Waals surface area contributed by atoms with E-state index >= 15 is 0 Å². The maximum atomic E-state index is 13.4. The lowest BCUT2D eigenvalue weighted by Gasteiger charge is -2.29. The van der Waals surface area contributed by atoms with Gasteiger partial charge in [-0.15, -0.1) is 0 Å². The minimum atomic E-state index is -0.854. The van der Waals surface area contributed by atoms with Crippen LogP contribution in [0.25, 0.3) is 11.4 Å². The number of fused-ring (bicyclic) bond motifs is 1. The van der Waals surface area contributed by atoms with E-state index in [4.69, 9.17) is 9.47 Å². The van der Waals surface area contributed by atoms with Crippen LogP contribution in [0.15, 0.2) is 48.2 Å². The number of phenolic OH excluding ortho intramolecular Hbond substituents is 1. The van der Waals surface area contributed by atoms with E-state index in [0.717, 1.165) is 19.6 Å². The van der Waals surface area contributed by atoms with Crippen molar-refractivity contribution in [3.05, 3.63) is 65.1 Å². The molecule has 0 saturated carbocycles. The van der Waals surface area contributed by atoms with Gasteiger partial charge in [-0.05, 0) is 43.2 Å². The molecule has 2 fully saturated rings. The summed E-state index contributed by atoms with van der Waals surface area (Å²) in [4.78, 5) is 35.0. The van der Waals surface area contributed by atoms with Gasteiger partial charge >= 0.3 is 0 Å². The van der Waals surface area contributed by atoms with Gasteiger partial charge < -0.3 is 24.6 Å². The Morgan fingerprint density at radius 3 is 2.70 bits per heavy atom. The molecule has 0 aliphatic carbocycles. The molecule has 1 atom stereocenters. The molecular formula is C27H30N4O6. The number of phenols is 1. The van der Waals surface area contributed by atoms with Crippen LogP contribution in [-0.2, 0) is 14.3 Å². The van der Waals surface area contributed by atoms with Crippen molar-refractivity contribution in [1.29, 1.82) is 0 Å². The maximum absolute atomic E-state index is 13.4. The second-order valence-corrected chi connectivity index (χ2v) is 9.21. The number of aromatic hydroxyl groups is 1. The molecule has 4 heterocycles. The number of aromatic nitrogens is 2. The molecule has 0 bridgehead atoms. The number of rotatable bonds is 7. The number of likely N-dealkylation sites (tertiary alicyclic amines) is 1. The summed E-state index contributed by atoms with van der Waals surface area (Å²) in [5, 5.41) is 21.7. The molecule has 0 radical (unpaired) electrons. The summed E-state index contributed by atoms with van der Waals surface area (Å²) in [6, 6.07) is 9.28. The van der Waals surface area contributed by atoms with Gasteiger partial charge in [-0.2, -0.15) is 0 Å². The number of hydrogen-bond acceptors (Lipinski definition) is 8. The molecule has 2 N–H and O–H groups in total. The lowest BCUT2D eigenvalue weighted by atomic mass is 9.95. The molecule has 2 aliphatic heterocycles. The summed E-state index contributed by atoms with van der Waals surface area (Å²) < 4.78 is 12.4. The van der Waals surface area contributed by atoms with Crippen LogP contribution in [0.4, 0.5) is 0 Å². The number of morpholine rings is 1. The second-order valence-electron chi connectivity index (χ2n) is 9.21. The third-order valence-corrected chi connectivity index (χ3v) is 6.97. The maximum Gasteiger partial charge on any atom is 0.295 e. The number of ether oxygens (including phenoxy) is 2. The number of aliphatic hydroxyl groups is 1. The molecule has 1 aromatic carbocycles. The zero-order valence-electron chi connectivity index (χ0n) is 20.9. The highest BCUT2D eigenvalue weighted by atomic mass is 16.5. The molecule has 1 unspecified atom stereocenters. The van der Waals surface area contributed by atoms with Crippen molar-refractivity contribution in [3.63, 3.8) is 0 Å². The highest BCUT2D eigenvalue weighted by Gasteiger charge is 2.46. The van der Waals surface area contributed by atoms with Crippen molar-refractivity contribution in [2.24, 2.45) is 0 Å². The molecule has 2 aliphatic rings. The van der Waals surface area contributed by atoms with E-state index < -0.39 is 17.7 Å². The Hall–Kier alpha value is -3.89. The fourth-order valence-corrected chi connectivity index (χ4v) is 5.14. The van der Waals surface area contributed by atoms with Crippen molar-refractivity contribution in [2.75, 3.05) is 46.5 Å². The van der Waals surface area contributed by atoms with Gasteiger partial charge in [0.05, 0.1) is 37.6 Å². The van der Waals surface area contributed by atoms with Gasteiger partial charge in [0.1, 0.15) is 11.3 Å². The Morgan fingerprint density at radius 2 is 1.95 bits per heavy atom. The number of aryl methyl sites for hydroxylation is 1. The molecule has 10 heteroatoms. The first-order valence-corrected chi connectivity index (χ1v) is 12.3. The number of ketones is 1. The van der Waals surface area contributed by atoms with E-state index in [1.807, 2.05) is 6.07 Å². The molecule has 37 heavy (non-hydrogen) atoms. The van der Waals surface area contributed by atoms with Gasteiger partial charge in [0.25, 0.3) is 11.7 Å². The lowest BCUT2D eigenvalue weighted by Crippen LogP contribution is -2.38. The molecule has 10 nitrogen and oxygen atoms in total. The Labute approximate surface area is 214 Å². The highest BCUT2D eigenvalue weighted by molar-refractivity contribution is 6.46. The van der Waals surface area contributed by atoms with Crippen molar-refractivity contribution in [1.82, 2.24) is 19.2 Å². The lowest BCUT2D eigenvalue weighted by molar-refractivity contribution is -0.140. The normalized spacial score (nSPS) is 20.2. The zero-order chi connectivity index (χ0) is 26.1. The Bertz CT molecular complexity index is 1370. The number of amides is 1. The highest BCUT2D eigenvalue weighted by Crippen LogP contribution is 2.42. The van der Waals surface area contributed by atoms with Gasteiger partial charge in [-0.25, -0.2) is 4.98 Å². The van der Waals surface area contributed by atoms with Crippen molar-refractivity contribution < 1.29 is 29.3 Å². The van der Waals surface area contributed by atoms with Crippen LogP contribution in [0.3, 0.4) is 0 Å². The number of aliphatic hydroxyl groups excluding tert-OH is 1. The summed E-state index contributed by atoms with van der Waals surface area (Å²) in [7, 11) is 1.43. The van der Waals surface area contributed by atoms with Gasteiger partial charge in [-0.3, -0.25) is 18.9 Å². The quantitative estimate of drug-likeness (QED) is 0.285. The van der Waals surface area contributed by atoms with Crippen LogP contribution in [-0.4, -0.2) is 87.6 Å². The topological polar surface area (TPSA) is 117 Å². The summed E-state index contributed by atoms with van der Waals surface area (Å²) in [5.74, 6) is -1.57. The van der Waals surface area contributed by atoms with Crippen molar-refractivity contribution in [3.8, 4) is 11.5 Å². The summed E-state index contributed by atoms with van der Waals surface area (Å²) >= 11 is 0. The molecule has 194 valence electrons. The second kappa shape index (κ2) is 10.2. The molecule has 0 spiro atoms. The van der Waals surface area contributed by atoms with E-state index in [1.165, 1.54) is 18.1 Å². The fourth-order valence-electron chi connectivity index (χ4n) is 5.14. The van der Waals surface area contributed by atoms with E-state index in [-0.39, 0.29) is 22.8 Å². The Kier molecular flexibility index (Phi) is 6.86. The van der Waals surface area contributed by atoms with Crippen LogP contribution in [0.2, 0.25) is 0 Å². The van der Waals surface area contributed by atoms with E-state index in [1.54, 1.807) is 41.8 Å². The van der Waals surface area contributed by atoms with Gasteiger partial charge in [-0.1, -0.05) is 12.1 Å². The van der Waals surface area contributed by atoms with E-state index in [2.05, 4.69) is 9.88 Å². The van der Waals surface area contributed by atoms with Crippen LogP contribution in [0.5, 0.6) is 11.5 Å². The van der Waals surface area contributed by atoms with Crippen molar-refractivity contribution in [2.45, 2.75) is 19.4 Å². The molecular weight excluding hydrogens is 476 g/mol. The number of carbonyl (C=O) groups excluding carboxylic acids is 2. The predicted octanol–water partition coefficient (Wildman–Crippen LogP) is 2.50. The van der Waals surface area contributed by atoms with Crippen LogP contribution < -0.4 is 4.74 Å². The number of pyridine rings is 1. The third-order valence-electron chi connectivity index (χ3n) is 6.97. The molecule has 2 aromatic heterocycles. The van der Waals surface area contributed by atoms with Gasteiger partial charge in [0.15, 0.2) is 17.3 Å². The smallest absolute Gasteiger partial charge is 0.295 e. The minimum Gasteiger partial charge on any atom is -0.505 e. The van der Waals surface area contributed by atoms with Gasteiger partial charge in [0.2, 0.25) is 0 Å². The third kappa shape index (κ3) is 4.54. The zero-order valence-corrected chi connectivity index (χ0v) is 20.9. The number of carbonyl (C=O) groups is 2. The number of methoxy groups -OCH3 is 1. The summed E-state index contributed by atoms with van der Waals surface area (Å²) in [5.41, 5.74) is 2.04. The first kappa shape index (κ1) is 24.8. The Balaban J connectivity index is 1.58. The fraction of sp³-hybridized carbons (Fsp3) is 0.370. The van der Waals surface area contributed by atoms with Crippen LogP contribution in [0.1, 0.15) is 29.4 Å². The number of imidazole rings is 1. The van der Waals surface area contributed by atoms with Crippen LogP contribution >= 0.6 is 0 Å². The molecule has 3 aromatic rings. The summed E-state index contributed by atoms with van der Waals surface area (Å²) in [6.07, 6.45) is 2.40. The predicted molar refractivity (Wildman–Crippen MR) is 135 cm³/mol. The summed E-state index contributed by atoms with van der Waals surface area (Å²) in [6.45, 7) is 5.82. The minimum absolute atomic E-state index is 0.0159. The van der Waals surface area contributed by atoms with E-state index in [9.17, 15) is 19.8 Å². The Morgan fingerprint density at radius 1 is 1.16 bits per heavy atom. The number of benzene rings is 1. The monoisotopic (exact) mass is 506 g/mol. The number of hydrogen-bond donors (Lipinski definition) is 2. The molecule has 1 amide bonds. The number of nitrogens with zero attached hydrogens (tertiary/aromatic N) is 4. The first-order chi connectivity index (χ1) is 17.9. The van der Waals surface area contributed by atoms with Crippen molar-refractivity contribution >= 4 is 23.1 Å². The molecule has 2 saturated heterocycles.